The third kappa shape index (κ3) is 4.33. The summed E-state index contributed by atoms with van der Waals surface area (Å²) in [5.74, 6) is -1.51. The van der Waals surface area contributed by atoms with Gasteiger partial charge in [-0.05, 0) is 60.2 Å². The second kappa shape index (κ2) is 9.72. The number of anilines is 1. The van der Waals surface area contributed by atoms with Crippen LogP contribution in [0.4, 0.5) is 5.69 Å². The van der Waals surface area contributed by atoms with E-state index < -0.39 is 23.7 Å². The Morgan fingerprint density at radius 1 is 0.829 bits per heavy atom. The molecule has 1 aliphatic rings. The van der Waals surface area contributed by atoms with Gasteiger partial charge in [0.05, 0.1) is 38.5 Å². The van der Waals surface area contributed by atoms with Crippen LogP contribution >= 0.6 is 0 Å². The molecule has 1 atom stereocenters. The summed E-state index contributed by atoms with van der Waals surface area (Å²) < 4.78 is 15.3. The van der Waals surface area contributed by atoms with Crippen LogP contribution in [-0.2, 0) is 14.3 Å². The standard InChI is InChI=1S/C27H23NO7/c1-33-20-12-10-16(11-13-20)24(29)22-23(17-6-5-9-21(15-17)34-2)28(26(31)25(22)30)19-8-4-7-18(14-19)27(32)35-3/h4-15,23,29H,1-3H3/b24-22+. The van der Waals surface area contributed by atoms with E-state index in [1.165, 1.54) is 32.3 Å². The molecule has 3 aromatic rings. The molecular weight excluding hydrogens is 450 g/mol. The molecule has 1 heterocycles. The number of rotatable bonds is 6. The predicted molar refractivity (Wildman–Crippen MR) is 129 cm³/mol. The number of carbonyl (C=O) groups is 3. The lowest BCUT2D eigenvalue weighted by Crippen LogP contribution is -2.29. The van der Waals surface area contributed by atoms with Crippen molar-refractivity contribution in [3.63, 3.8) is 0 Å². The average molecular weight is 473 g/mol. The van der Waals surface area contributed by atoms with Gasteiger partial charge in [-0.25, -0.2) is 4.79 Å². The number of aliphatic hydroxyl groups excluding tert-OH is 1. The first kappa shape index (κ1) is 23.6. The fraction of sp³-hybridized carbons (Fsp3) is 0.148. The normalized spacial score (nSPS) is 16.8. The molecule has 0 saturated carbocycles. The third-order valence-electron chi connectivity index (χ3n) is 5.76. The Hall–Kier alpha value is -4.59. The molecule has 1 amide bonds. The average Bonchev–Trinajstić information content (AvgIpc) is 3.18. The number of benzene rings is 3. The Labute approximate surface area is 202 Å². The minimum Gasteiger partial charge on any atom is -0.507 e. The zero-order valence-electron chi connectivity index (χ0n) is 19.3. The predicted octanol–water partition coefficient (Wildman–Crippen LogP) is 4.12. The molecule has 0 radical (unpaired) electrons. The molecular formula is C27H23NO7. The Balaban J connectivity index is 1.93. The van der Waals surface area contributed by atoms with Gasteiger partial charge in [0, 0.05) is 11.3 Å². The second-order valence-electron chi connectivity index (χ2n) is 7.72. The van der Waals surface area contributed by atoms with Crippen molar-refractivity contribution in [2.24, 2.45) is 0 Å². The lowest BCUT2D eigenvalue weighted by Gasteiger charge is -2.26. The van der Waals surface area contributed by atoms with Crippen LogP contribution in [0.15, 0.2) is 78.4 Å². The molecule has 0 aliphatic carbocycles. The number of hydrogen-bond acceptors (Lipinski definition) is 7. The van der Waals surface area contributed by atoms with Gasteiger partial charge in [-0.2, -0.15) is 0 Å². The van der Waals surface area contributed by atoms with Crippen LogP contribution < -0.4 is 14.4 Å². The first-order valence-corrected chi connectivity index (χ1v) is 10.7. The van der Waals surface area contributed by atoms with E-state index in [2.05, 4.69) is 0 Å². The summed E-state index contributed by atoms with van der Waals surface area (Å²) in [6, 6.07) is 18.6. The van der Waals surface area contributed by atoms with Crippen molar-refractivity contribution in [2.75, 3.05) is 26.2 Å². The van der Waals surface area contributed by atoms with Gasteiger partial charge in [0.25, 0.3) is 11.7 Å². The van der Waals surface area contributed by atoms with E-state index in [9.17, 15) is 19.5 Å². The molecule has 0 aromatic heterocycles. The van der Waals surface area contributed by atoms with Crippen LogP contribution in [0.1, 0.15) is 27.5 Å². The molecule has 8 heteroatoms. The minimum atomic E-state index is -0.972. The van der Waals surface area contributed by atoms with E-state index in [1.54, 1.807) is 66.7 Å². The number of carbonyl (C=O) groups excluding carboxylic acids is 3. The summed E-state index contributed by atoms with van der Waals surface area (Å²) in [7, 11) is 4.28. The summed E-state index contributed by atoms with van der Waals surface area (Å²) in [5, 5.41) is 11.2. The van der Waals surface area contributed by atoms with Crippen LogP contribution in [0.25, 0.3) is 5.76 Å². The van der Waals surface area contributed by atoms with Crippen molar-refractivity contribution in [3.8, 4) is 11.5 Å². The zero-order chi connectivity index (χ0) is 25.1. The maximum Gasteiger partial charge on any atom is 0.337 e. The summed E-state index contributed by atoms with van der Waals surface area (Å²) in [6.45, 7) is 0. The number of esters is 1. The molecule has 178 valence electrons. The van der Waals surface area contributed by atoms with E-state index >= 15 is 0 Å². The third-order valence-corrected chi connectivity index (χ3v) is 5.76. The van der Waals surface area contributed by atoms with Gasteiger partial charge in [0.15, 0.2) is 0 Å². The maximum atomic E-state index is 13.3. The van der Waals surface area contributed by atoms with Crippen LogP contribution in [0.3, 0.4) is 0 Å². The van der Waals surface area contributed by atoms with Crippen molar-refractivity contribution in [2.45, 2.75) is 6.04 Å². The van der Waals surface area contributed by atoms with Gasteiger partial charge < -0.3 is 19.3 Å². The van der Waals surface area contributed by atoms with Crippen LogP contribution in [0.5, 0.6) is 11.5 Å². The fourth-order valence-corrected chi connectivity index (χ4v) is 4.03. The van der Waals surface area contributed by atoms with E-state index in [1.807, 2.05) is 0 Å². The first-order chi connectivity index (χ1) is 16.9. The molecule has 8 nitrogen and oxygen atoms in total. The fourth-order valence-electron chi connectivity index (χ4n) is 4.03. The molecule has 1 fully saturated rings. The van der Waals surface area contributed by atoms with Gasteiger partial charge in [0.1, 0.15) is 17.3 Å². The number of amides is 1. The summed E-state index contributed by atoms with van der Waals surface area (Å²) in [5.41, 5.74) is 1.32. The number of hydrogen-bond donors (Lipinski definition) is 1. The largest absolute Gasteiger partial charge is 0.507 e. The Bertz CT molecular complexity index is 1330. The Morgan fingerprint density at radius 2 is 1.51 bits per heavy atom. The molecule has 0 bridgehead atoms. The van der Waals surface area contributed by atoms with Crippen molar-refractivity contribution in [1.29, 1.82) is 0 Å². The van der Waals surface area contributed by atoms with Crippen LogP contribution in [0, 0.1) is 0 Å². The molecule has 3 aromatic carbocycles. The molecule has 0 spiro atoms. The molecule has 1 unspecified atom stereocenters. The summed E-state index contributed by atoms with van der Waals surface area (Å²) in [6.07, 6.45) is 0. The second-order valence-corrected chi connectivity index (χ2v) is 7.72. The van der Waals surface area contributed by atoms with E-state index in [4.69, 9.17) is 14.2 Å². The minimum absolute atomic E-state index is 0.0862. The summed E-state index contributed by atoms with van der Waals surface area (Å²) >= 11 is 0. The van der Waals surface area contributed by atoms with Gasteiger partial charge in [-0.1, -0.05) is 18.2 Å². The highest BCUT2D eigenvalue weighted by molar-refractivity contribution is 6.51. The Kier molecular flexibility index (Phi) is 6.55. The highest BCUT2D eigenvalue weighted by atomic mass is 16.5. The number of aliphatic hydroxyl groups is 1. The quantitative estimate of drug-likeness (QED) is 0.249. The summed E-state index contributed by atoms with van der Waals surface area (Å²) in [4.78, 5) is 40.0. The van der Waals surface area contributed by atoms with Crippen LogP contribution in [-0.4, -0.2) is 44.1 Å². The SMILES string of the molecule is COC(=O)c1cccc(N2C(=O)C(=O)/C(=C(/O)c3ccc(OC)cc3)C2c2cccc(OC)c2)c1. The molecule has 4 rings (SSSR count). The number of nitrogens with zero attached hydrogens (tertiary/aromatic N) is 1. The van der Waals surface area contributed by atoms with E-state index in [-0.39, 0.29) is 16.9 Å². The first-order valence-electron chi connectivity index (χ1n) is 10.7. The van der Waals surface area contributed by atoms with Gasteiger partial charge in [0.2, 0.25) is 0 Å². The number of ether oxygens (including phenoxy) is 3. The van der Waals surface area contributed by atoms with E-state index in [0.717, 1.165) is 0 Å². The highest BCUT2D eigenvalue weighted by Crippen LogP contribution is 2.43. The van der Waals surface area contributed by atoms with E-state index in [0.29, 0.717) is 28.3 Å². The lowest BCUT2D eigenvalue weighted by molar-refractivity contribution is -0.132. The van der Waals surface area contributed by atoms with Crippen molar-refractivity contribution >= 4 is 29.1 Å². The van der Waals surface area contributed by atoms with Crippen molar-refractivity contribution < 1.29 is 33.7 Å². The lowest BCUT2D eigenvalue weighted by atomic mass is 9.95. The number of Topliss-reactive ketones (excluding diaryl/α,β-unsaturated/α-hetero) is 1. The monoisotopic (exact) mass is 473 g/mol. The smallest absolute Gasteiger partial charge is 0.337 e. The van der Waals surface area contributed by atoms with Gasteiger partial charge in [-0.15, -0.1) is 0 Å². The van der Waals surface area contributed by atoms with Gasteiger partial charge in [-0.3, -0.25) is 14.5 Å². The maximum absolute atomic E-state index is 13.3. The highest BCUT2D eigenvalue weighted by Gasteiger charge is 2.47. The number of ketones is 1. The van der Waals surface area contributed by atoms with Gasteiger partial charge >= 0.3 is 5.97 Å². The van der Waals surface area contributed by atoms with Crippen molar-refractivity contribution in [1.82, 2.24) is 0 Å². The van der Waals surface area contributed by atoms with Crippen molar-refractivity contribution in [3.05, 3.63) is 95.1 Å². The topological polar surface area (TPSA) is 102 Å². The zero-order valence-corrected chi connectivity index (χ0v) is 19.3. The Morgan fingerprint density at radius 3 is 2.17 bits per heavy atom. The molecule has 1 aliphatic heterocycles. The molecule has 1 N–H and O–H groups in total. The van der Waals surface area contributed by atoms with Crippen LogP contribution in [0.2, 0.25) is 0 Å². The number of methoxy groups -OCH3 is 3. The molecule has 35 heavy (non-hydrogen) atoms. The molecule has 1 saturated heterocycles.